The minimum atomic E-state index is -0.958. The van der Waals surface area contributed by atoms with E-state index in [1.54, 1.807) is 24.3 Å². The van der Waals surface area contributed by atoms with E-state index >= 15 is 0 Å². The molecular formula is C41H41Cl2N3O5. The van der Waals surface area contributed by atoms with Crippen molar-refractivity contribution in [1.82, 2.24) is 0 Å². The van der Waals surface area contributed by atoms with Crippen molar-refractivity contribution >= 4 is 46.2 Å². The molecule has 3 unspecified atom stereocenters. The number of carbonyl (C=O) groups excluding carboxylic acids is 1. The Morgan fingerprint density at radius 1 is 0.863 bits per heavy atom. The largest absolute Gasteiger partial charge is 0.491 e. The van der Waals surface area contributed by atoms with Crippen LogP contribution in [-0.4, -0.2) is 43.9 Å². The van der Waals surface area contributed by atoms with Gasteiger partial charge in [-0.25, -0.2) is 0 Å². The van der Waals surface area contributed by atoms with Crippen molar-refractivity contribution in [3.63, 3.8) is 0 Å². The van der Waals surface area contributed by atoms with Gasteiger partial charge in [0, 0.05) is 46.3 Å². The Balaban J connectivity index is 0.886. The lowest BCUT2D eigenvalue weighted by Crippen LogP contribution is -2.26. The summed E-state index contributed by atoms with van der Waals surface area (Å²) < 4.78 is 24.2. The molecule has 1 heterocycles. The zero-order valence-electron chi connectivity index (χ0n) is 28.5. The number of rotatable bonds is 14. The molecule has 1 aliphatic carbocycles. The van der Waals surface area contributed by atoms with Gasteiger partial charge in [-0.1, -0.05) is 71.8 Å². The SMILES string of the molecule is CC1(OCc2ccccc2)C=CC=C(C(=O)Nc2ccc(NCCNc3ccc(OCC4COC(C)(c5ccc(Cl)cc5Cl)O4)cc3)cc2)C=C1. The molecule has 8 nitrogen and oxygen atoms in total. The van der Waals surface area contributed by atoms with E-state index in [4.69, 9.17) is 42.1 Å². The standard InChI is InChI=1S/C41H41Cl2N3O5/c1-40(49-26-29-7-4-3-5-8-29)21-6-9-30(20-22-40)39(47)46-34-13-11-32(12-14-34)44-23-24-45-33-15-17-35(18-16-33)48-27-36-28-50-41(2,51-36)37-19-10-31(42)25-38(37)43/h3-22,25,36,44-45H,23-24,26-28H2,1-2H3,(H,46,47). The third-order valence-corrected chi connectivity index (χ3v) is 9.07. The summed E-state index contributed by atoms with van der Waals surface area (Å²) in [5, 5.41) is 10.8. The van der Waals surface area contributed by atoms with Crippen molar-refractivity contribution < 1.29 is 23.7 Å². The fourth-order valence-electron chi connectivity index (χ4n) is 5.64. The molecule has 0 radical (unpaired) electrons. The van der Waals surface area contributed by atoms with Crippen molar-refractivity contribution in [1.29, 1.82) is 0 Å². The third kappa shape index (κ3) is 10.0. The topological polar surface area (TPSA) is 90.1 Å². The summed E-state index contributed by atoms with van der Waals surface area (Å²) in [6.07, 6.45) is 9.08. The van der Waals surface area contributed by atoms with E-state index in [0.717, 1.165) is 28.3 Å². The van der Waals surface area contributed by atoms with Gasteiger partial charge in [-0.2, -0.15) is 0 Å². The first-order chi connectivity index (χ1) is 24.7. The minimum absolute atomic E-state index is 0.187. The highest BCUT2D eigenvalue weighted by molar-refractivity contribution is 6.35. The minimum Gasteiger partial charge on any atom is -0.491 e. The van der Waals surface area contributed by atoms with Crippen molar-refractivity contribution in [3.05, 3.63) is 154 Å². The van der Waals surface area contributed by atoms with Gasteiger partial charge in [0.05, 0.1) is 18.2 Å². The lowest BCUT2D eigenvalue weighted by atomic mass is 10.1. The highest BCUT2D eigenvalue weighted by atomic mass is 35.5. The number of anilines is 3. The maximum Gasteiger partial charge on any atom is 0.255 e. The maximum absolute atomic E-state index is 13.0. The Morgan fingerprint density at radius 2 is 1.55 bits per heavy atom. The lowest BCUT2D eigenvalue weighted by Gasteiger charge is -2.25. The molecule has 0 bridgehead atoms. The number of benzene rings is 4. The maximum atomic E-state index is 13.0. The lowest BCUT2D eigenvalue weighted by molar-refractivity contribution is -0.164. The van der Waals surface area contributed by atoms with Crippen LogP contribution in [0.2, 0.25) is 10.0 Å². The molecule has 1 aliphatic heterocycles. The number of hydrogen-bond acceptors (Lipinski definition) is 7. The summed E-state index contributed by atoms with van der Waals surface area (Å²) in [6, 6.07) is 30.7. The fraction of sp³-hybridized carbons (Fsp3) is 0.244. The van der Waals surface area contributed by atoms with Gasteiger partial charge in [0.2, 0.25) is 0 Å². The van der Waals surface area contributed by atoms with E-state index in [2.05, 4.69) is 16.0 Å². The van der Waals surface area contributed by atoms with Crippen LogP contribution in [0.15, 0.2) is 133 Å². The van der Waals surface area contributed by atoms with Gasteiger partial charge in [0.1, 0.15) is 24.1 Å². The molecule has 1 amide bonds. The molecule has 3 N–H and O–H groups in total. The molecule has 264 valence electrons. The van der Waals surface area contributed by atoms with Gasteiger partial charge in [0.15, 0.2) is 5.79 Å². The molecule has 4 aromatic carbocycles. The van der Waals surface area contributed by atoms with Crippen LogP contribution >= 0.6 is 23.2 Å². The van der Waals surface area contributed by atoms with Crippen LogP contribution in [-0.2, 0) is 31.4 Å². The normalized spacial score (nSPS) is 21.1. The monoisotopic (exact) mass is 725 g/mol. The molecule has 2 aliphatic rings. The van der Waals surface area contributed by atoms with E-state index < -0.39 is 11.4 Å². The smallest absolute Gasteiger partial charge is 0.255 e. The Bertz CT molecular complexity index is 1880. The summed E-state index contributed by atoms with van der Waals surface area (Å²) in [4.78, 5) is 13.0. The number of halogens is 2. The Kier molecular flexibility index (Phi) is 11.8. The number of carbonyl (C=O) groups is 1. The molecular weight excluding hydrogens is 685 g/mol. The zero-order valence-corrected chi connectivity index (χ0v) is 30.0. The first kappa shape index (κ1) is 36.2. The van der Waals surface area contributed by atoms with E-state index in [1.807, 2.05) is 117 Å². The first-order valence-corrected chi connectivity index (χ1v) is 17.6. The van der Waals surface area contributed by atoms with E-state index in [-0.39, 0.29) is 12.0 Å². The molecule has 0 saturated carbocycles. The molecule has 51 heavy (non-hydrogen) atoms. The molecule has 4 aromatic rings. The predicted octanol–water partition coefficient (Wildman–Crippen LogP) is 9.15. The van der Waals surface area contributed by atoms with Gasteiger partial charge < -0.3 is 34.9 Å². The van der Waals surface area contributed by atoms with Crippen LogP contribution < -0.4 is 20.7 Å². The third-order valence-electron chi connectivity index (χ3n) is 8.52. The van der Waals surface area contributed by atoms with Crippen LogP contribution in [0, 0.1) is 0 Å². The molecule has 6 rings (SSSR count). The van der Waals surface area contributed by atoms with E-state index in [0.29, 0.717) is 54.2 Å². The summed E-state index contributed by atoms with van der Waals surface area (Å²) >= 11 is 12.4. The van der Waals surface area contributed by atoms with Crippen LogP contribution in [0.4, 0.5) is 17.1 Å². The Hall–Kier alpha value is -4.57. The van der Waals surface area contributed by atoms with Gasteiger partial charge in [-0.05, 0) is 98.3 Å². The van der Waals surface area contributed by atoms with Crippen molar-refractivity contribution in [2.75, 3.05) is 42.3 Å². The second kappa shape index (κ2) is 16.6. The van der Waals surface area contributed by atoms with Crippen LogP contribution in [0.5, 0.6) is 5.75 Å². The van der Waals surface area contributed by atoms with Crippen LogP contribution in [0.25, 0.3) is 0 Å². The summed E-state index contributed by atoms with van der Waals surface area (Å²) in [7, 11) is 0. The number of hydrogen-bond donors (Lipinski definition) is 3. The number of ether oxygens (including phenoxy) is 4. The van der Waals surface area contributed by atoms with Gasteiger partial charge in [-0.3, -0.25) is 4.79 Å². The number of nitrogens with one attached hydrogen (secondary N) is 3. The predicted molar refractivity (Wildman–Crippen MR) is 205 cm³/mol. The van der Waals surface area contributed by atoms with Crippen LogP contribution in [0.1, 0.15) is 25.0 Å². The average molecular weight is 727 g/mol. The van der Waals surface area contributed by atoms with Crippen molar-refractivity contribution in [2.24, 2.45) is 0 Å². The molecule has 1 fully saturated rings. The number of allylic oxidation sites excluding steroid dienone is 2. The second-order valence-electron chi connectivity index (χ2n) is 12.6. The summed E-state index contributed by atoms with van der Waals surface area (Å²) in [6.45, 7) is 6.44. The quantitative estimate of drug-likeness (QED) is 0.112. The van der Waals surface area contributed by atoms with Gasteiger partial charge in [0.25, 0.3) is 5.91 Å². The molecule has 3 atom stereocenters. The highest BCUT2D eigenvalue weighted by Gasteiger charge is 2.40. The van der Waals surface area contributed by atoms with Crippen molar-refractivity contribution in [2.45, 2.75) is 37.9 Å². The molecule has 0 aromatic heterocycles. The zero-order chi connectivity index (χ0) is 35.7. The fourth-order valence-corrected chi connectivity index (χ4v) is 6.22. The highest BCUT2D eigenvalue weighted by Crippen LogP contribution is 2.38. The molecule has 10 heteroatoms. The summed E-state index contributed by atoms with van der Waals surface area (Å²) in [5.74, 6) is -0.407. The van der Waals surface area contributed by atoms with Gasteiger partial charge >= 0.3 is 0 Å². The first-order valence-electron chi connectivity index (χ1n) is 16.8. The van der Waals surface area contributed by atoms with Gasteiger partial charge in [-0.15, -0.1) is 0 Å². The van der Waals surface area contributed by atoms with E-state index in [1.165, 1.54) is 0 Å². The average Bonchev–Trinajstić information content (AvgIpc) is 3.40. The molecule has 1 saturated heterocycles. The Labute approximate surface area is 309 Å². The van der Waals surface area contributed by atoms with Crippen LogP contribution in [0.3, 0.4) is 0 Å². The Morgan fingerprint density at radius 3 is 2.25 bits per heavy atom. The second-order valence-corrected chi connectivity index (χ2v) is 13.5. The van der Waals surface area contributed by atoms with E-state index in [9.17, 15) is 4.79 Å². The van der Waals surface area contributed by atoms with Crippen molar-refractivity contribution in [3.8, 4) is 5.75 Å². The number of amides is 1. The summed E-state index contributed by atoms with van der Waals surface area (Å²) in [5.41, 5.74) is 4.40. The molecule has 0 spiro atoms.